The summed E-state index contributed by atoms with van der Waals surface area (Å²) in [6, 6.07) is 1.63. The Morgan fingerprint density at radius 1 is 1.43 bits per heavy atom. The molecule has 126 valence electrons. The molecule has 0 bridgehead atoms. The highest BCUT2D eigenvalue weighted by Gasteiger charge is 2.16. The average Bonchev–Trinajstić information content (AvgIpc) is 3.10. The van der Waals surface area contributed by atoms with E-state index in [9.17, 15) is 4.79 Å². The van der Waals surface area contributed by atoms with Crippen molar-refractivity contribution < 1.29 is 9.32 Å². The van der Waals surface area contributed by atoms with Crippen molar-refractivity contribution in [3.05, 3.63) is 30.2 Å². The van der Waals surface area contributed by atoms with Crippen LogP contribution in [-0.2, 0) is 19.5 Å². The second kappa shape index (κ2) is 7.75. The van der Waals surface area contributed by atoms with E-state index in [1.54, 1.807) is 17.9 Å². The van der Waals surface area contributed by atoms with Crippen LogP contribution in [0.15, 0.2) is 23.0 Å². The van der Waals surface area contributed by atoms with Crippen molar-refractivity contribution in [2.45, 2.75) is 46.3 Å². The monoisotopic (exact) mass is 320 g/mol. The minimum Gasteiger partial charge on any atom is -0.337 e. The Morgan fingerprint density at radius 2 is 2.22 bits per heavy atom. The van der Waals surface area contributed by atoms with Crippen LogP contribution in [0.1, 0.15) is 32.5 Å². The maximum atomic E-state index is 12.2. The molecule has 8 heteroatoms. The molecule has 0 unspecified atom stereocenters. The van der Waals surface area contributed by atoms with Crippen LogP contribution < -0.4 is 5.32 Å². The first-order valence-electron chi connectivity index (χ1n) is 7.74. The summed E-state index contributed by atoms with van der Waals surface area (Å²) in [4.78, 5) is 18.0. The number of hydrogen-bond donors (Lipinski definition) is 1. The summed E-state index contributed by atoms with van der Waals surface area (Å²) in [7, 11) is 1.70. The number of nitrogens with one attached hydrogen (secondary N) is 1. The first-order chi connectivity index (χ1) is 10.9. The Balaban J connectivity index is 1.81. The van der Waals surface area contributed by atoms with Crippen molar-refractivity contribution in [1.82, 2.24) is 30.1 Å². The highest BCUT2D eigenvalue weighted by atomic mass is 16.5. The summed E-state index contributed by atoms with van der Waals surface area (Å²) in [6.45, 7) is 7.02. The summed E-state index contributed by atoms with van der Waals surface area (Å²) in [6.07, 6.45) is 4.34. The van der Waals surface area contributed by atoms with Crippen LogP contribution in [0.3, 0.4) is 0 Å². The van der Waals surface area contributed by atoms with Gasteiger partial charge in [0, 0.05) is 31.9 Å². The van der Waals surface area contributed by atoms with Crippen molar-refractivity contribution in [2.75, 3.05) is 7.05 Å². The van der Waals surface area contributed by atoms with Gasteiger partial charge in [0.15, 0.2) is 5.82 Å². The zero-order chi connectivity index (χ0) is 16.8. The van der Waals surface area contributed by atoms with Crippen molar-refractivity contribution in [3.8, 4) is 0 Å². The van der Waals surface area contributed by atoms with Crippen LogP contribution in [-0.4, -0.2) is 43.9 Å². The van der Waals surface area contributed by atoms with Crippen LogP contribution in [0.4, 0.5) is 4.79 Å². The lowest BCUT2D eigenvalue weighted by Gasteiger charge is -2.20. The summed E-state index contributed by atoms with van der Waals surface area (Å²) >= 11 is 0. The first-order valence-corrected chi connectivity index (χ1v) is 7.74. The third-order valence-corrected chi connectivity index (χ3v) is 3.21. The highest BCUT2D eigenvalue weighted by Crippen LogP contribution is 2.06. The Hall–Kier alpha value is -2.38. The van der Waals surface area contributed by atoms with Gasteiger partial charge >= 0.3 is 6.03 Å². The minimum atomic E-state index is -0.187. The Bertz CT molecular complexity index is 607. The minimum absolute atomic E-state index is 0.0379. The molecule has 2 amide bonds. The number of urea groups is 1. The van der Waals surface area contributed by atoms with Crippen LogP contribution in [0.5, 0.6) is 0 Å². The van der Waals surface area contributed by atoms with E-state index < -0.39 is 0 Å². The molecule has 2 heterocycles. The topological polar surface area (TPSA) is 89.1 Å². The Morgan fingerprint density at radius 3 is 2.87 bits per heavy atom. The van der Waals surface area contributed by atoms with Gasteiger partial charge in [-0.15, -0.1) is 0 Å². The van der Waals surface area contributed by atoms with Gasteiger partial charge in [-0.05, 0) is 18.9 Å². The molecule has 2 rings (SSSR count). The molecule has 0 saturated heterocycles. The fraction of sp³-hybridized carbons (Fsp3) is 0.600. The van der Waals surface area contributed by atoms with Gasteiger partial charge in [-0.2, -0.15) is 10.1 Å². The van der Waals surface area contributed by atoms with E-state index in [0.29, 0.717) is 24.2 Å². The molecule has 0 saturated carbocycles. The highest BCUT2D eigenvalue weighted by molar-refractivity contribution is 5.74. The second-order valence-electron chi connectivity index (χ2n) is 6.14. The zero-order valence-corrected chi connectivity index (χ0v) is 14.1. The fourth-order valence-corrected chi connectivity index (χ4v) is 2.13. The van der Waals surface area contributed by atoms with Crippen molar-refractivity contribution in [2.24, 2.45) is 5.92 Å². The van der Waals surface area contributed by atoms with Gasteiger partial charge in [0.2, 0.25) is 5.89 Å². The first kappa shape index (κ1) is 17.0. The lowest BCUT2D eigenvalue weighted by Crippen LogP contribution is -2.43. The summed E-state index contributed by atoms with van der Waals surface area (Å²) in [5, 5.41) is 11.0. The SMILES string of the molecule is CC(C)Cc1noc(CN(C)C(=O)N[C@@H](C)Cn2cccn2)n1. The molecule has 23 heavy (non-hydrogen) atoms. The molecule has 1 N–H and O–H groups in total. The lowest BCUT2D eigenvalue weighted by atomic mass is 10.1. The van der Waals surface area contributed by atoms with E-state index in [4.69, 9.17) is 4.52 Å². The number of hydrogen-bond acceptors (Lipinski definition) is 5. The van der Waals surface area contributed by atoms with Gasteiger partial charge in [0.25, 0.3) is 0 Å². The average molecular weight is 320 g/mol. The normalized spacial score (nSPS) is 12.4. The van der Waals surface area contributed by atoms with E-state index >= 15 is 0 Å². The summed E-state index contributed by atoms with van der Waals surface area (Å²) < 4.78 is 6.96. The molecule has 2 aromatic heterocycles. The molecule has 0 aliphatic carbocycles. The molecule has 0 aliphatic heterocycles. The third kappa shape index (κ3) is 5.39. The lowest BCUT2D eigenvalue weighted by molar-refractivity contribution is 0.195. The van der Waals surface area contributed by atoms with Crippen LogP contribution in [0.2, 0.25) is 0 Å². The number of carbonyl (C=O) groups excluding carboxylic acids is 1. The van der Waals surface area contributed by atoms with E-state index in [1.807, 2.05) is 19.2 Å². The standard InChI is InChI=1S/C15H24N6O2/c1-11(2)8-13-18-14(23-19-13)10-20(4)15(22)17-12(3)9-21-7-5-6-16-21/h5-7,11-12H,8-10H2,1-4H3,(H,17,22)/t12-/m0/s1. The van der Waals surface area contributed by atoms with Gasteiger partial charge in [-0.25, -0.2) is 4.79 Å². The van der Waals surface area contributed by atoms with Gasteiger partial charge in [-0.1, -0.05) is 19.0 Å². The van der Waals surface area contributed by atoms with Gasteiger partial charge < -0.3 is 14.7 Å². The van der Waals surface area contributed by atoms with Crippen molar-refractivity contribution in [3.63, 3.8) is 0 Å². The van der Waals surface area contributed by atoms with E-state index in [1.165, 1.54) is 4.90 Å². The van der Waals surface area contributed by atoms with Gasteiger partial charge in [-0.3, -0.25) is 4.68 Å². The molecule has 0 aliphatic rings. The van der Waals surface area contributed by atoms with E-state index in [-0.39, 0.29) is 18.6 Å². The van der Waals surface area contributed by atoms with Crippen LogP contribution >= 0.6 is 0 Å². The van der Waals surface area contributed by atoms with Crippen LogP contribution in [0.25, 0.3) is 0 Å². The molecule has 2 aromatic rings. The van der Waals surface area contributed by atoms with Gasteiger partial charge in [0.05, 0.1) is 6.54 Å². The summed E-state index contributed by atoms with van der Waals surface area (Å²) in [5.74, 6) is 1.58. The predicted molar refractivity (Wildman–Crippen MR) is 84.5 cm³/mol. The number of aromatic nitrogens is 4. The molecular weight excluding hydrogens is 296 g/mol. The number of amides is 2. The molecule has 8 nitrogen and oxygen atoms in total. The Kier molecular flexibility index (Phi) is 5.72. The molecule has 0 spiro atoms. The molecule has 0 fully saturated rings. The van der Waals surface area contributed by atoms with Gasteiger partial charge in [0.1, 0.15) is 6.54 Å². The third-order valence-electron chi connectivity index (χ3n) is 3.21. The Labute approximate surface area is 135 Å². The predicted octanol–water partition coefficient (Wildman–Crippen LogP) is 1.69. The second-order valence-corrected chi connectivity index (χ2v) is 6.14. The van der Waals surface area contributed by atoms with Crippen molar-refractivity contribution in [1.29, 1.82) is 0 Å². The van der Waals surface area contributed by atoms with Crippen LogP contribution in [0, 0.1) is 5.92 Å². The molecule has 0 aromatic carbocycles. The van der Waals surface area contributed by atoms with Crippen molar-refractivity contribution >= 4 is 6.03 Å². The number of rotatable bonds is 7. The molecule has 0 radical (unpaired) electrons. The zero-order valence-electron chi connectivity index (χ0n) is 14.1. The number of nitrogens with zero attached hydrogens (tertiary/aromatic N) is 5. The van der Waals surface area contributed by atoms with E-state index in [2.05, 4.69) is 34.4 Å². The molecule has 1 atom stereocenters. The number of carbonyl (C=O) groups is 1. The maximum absolute atomic E-state index is 12.2. The quantitative estimate of drug-likeness (QED) is 0.838. The largest absolute Gasteiger partial charge is 0.337 e. The fourth-order valence-electron chi connectivity index (χ4n) is 2.13. The molecular formula is C15H24N6O2. The maximum Gasteiger partial charge on any atom is 0.317 e. The summed E-state index contributed by atoms with van der Waals surface area (Å²) in [5.41, 5.74) is 0. The smallest absolute Gasteiger partial charge is 0.317 e. The van der Waals surface area contributed by atoms with E-state index in [0.717, 1.165) is 6.42 Å².